The van der Waals surface area contributed by atoms with Crippen molar-refractivity contribution in [2.24, 2.45) is 0 Å². The van der Waals surface area contributed by atoms with Gasteiger partial charge in [-0.1, -0.05) is 18.6 Å². The van der Waals surface area contributed by atoms with E-state index in [1.54, 1.807) is 12.3 Å². The maximum Gasteiger partial charge on any atom is 0.163 e. The highest BCUT2D eigenvalue weighted by Gasteiger charge is 2.46. The third-order valence-electron chi connectivity index (χ3n) is 5.61. The Labute approximate surface area is 170 Å². The Balaban J connectivity index is 1.58. The van der Waals surface area contributed by atoms with Crippen molar-refractivity contribution in [2.75, 3.05) is 12.4 Å². The average Bonchev–Trinajstić information content (AvgIpc) is 3.42. The van der Waals surface area contributed by atoms with Gasteiger partial charge in [-0.3, -0.25) is 4.98 Å². The van der Waals surface area contributed by atoms with Crippen molar-refractivity contribution in [3.8, 4) is 0 Å². The molecule has 0 radical (unpaired) electrons. The minimum Gasteiger partial charge on any atom is -0.459 e. The fraction of sp³-hybridized carbons (Fsp3) is 0.409. The van der Waals surface area contributed by atoms with E-state index in [0.29, 0.717) is 24.4 Å². The number of fused-ring (bicyclic) bond motifs is 1. The van der Waals surface area contributed by atoms with Gasteiger partial charge in [0.15, 0.2) is 9.84 Å². The zero-order valence-electron chi connectivity index (χ0n) is 16.4. The summed E-state index contributed by atoms with van der Waals surface area (Å²) >= 11 is 0. The lowest BCUT2D eigenvalue weighted by Gasteiger charge is -2.14. The van der Waals surface area contributed by atoms with Gasteiger partial charge in [0.25, 0.3) is 0 Å². The number of aromatic nitrogens is 1. The SMILES string of the molecule is CCC1=C2[C@@H](CC/C(=C/c3ccc(CO)o3)c3ccccn3)OC[C@@H]2S(=O)(=O)C1. The van der Waals surface area contributed by atoms with Crippen LogP contribution < -0.4 is 0 Å². The second-order valence-corrected chi connectivity index (χ2v) is 9.60. The summed E-state index contributed by atoms with van der Waals surface area (Å²) in [5.74, 6) is 1.33. The first kappa shape index (κ1) is 20.1. The normalized spacial score (nSPS) is 23.6. The van der Waals surface area contributed by atoms with Crippen LogP contribution >= 0.6 is 0 Å². The third-order valence-corrected chi connectivity index (χ3v) is 7.62. The molecule has 0 unspecified atom stereocenters. The van der Waals surface area contributed by atoms with E-state index in [-0.39, 0.29) is 25.1 Å². The Morgan fingerprint density at radius 1 is 1.31 bits per heavy atom. The van der Waals surface area contributed by atoms with E-state index in [4.69, 9.17) is 9.15 Å². The molecule has 4 rings (SSSR count). The minimum atomic E-state index is -3.12. The van der Waals surface area contributed by atoms with Gasteiger partial charge in [0.2, 0.25) is 0 Å². The maximum absolute atomic E-state index is 12.4. The van der Waals surface area contributed by atoms with Crippen molar-refractivity contribution in [1.82, 2.24) is 4.98 Å². The molecular weight excluding hydrogens is 390 g/mol. The highest BCUT2D eigenvalue weighted by Crippen LogP contribution is 2.40. The number of pyridine rings is 1. The summed E-state index contributed by atoms with van der Waals surface area (Å²) in [7, 11) is -3.12. The van der Waals surface area contributed by atoms with Gasteiger partial charge in [-0.05, 0) is 60.8 Å². The third kappa shape index (κ3) is 4.08. The van der Waals surface area contributed by atoms with Gasteiger partial charge in [-0.2, -0.15) is 0 Å². The number of hydrogen-bond acceptors (Lipinski definition) is 6. The number of nitrogens with zero attached hydrogens (tertiary/aromatic N) is 1. The summed E-state index contributed by atoms with van der Waals surface area (Å²) in [6.07, 6.45) is 5.58. The van der Waals surface area contributed by atoms with Crippen LogP contribution in [0.15, 0.2) is 52.1 Å². The first-order valence-corrected chi connectivity index (χ1v) is 11.6. The van der Waals surface area contributed by atoms with Crippen molar-refractivity contribution in [1.29, 1.82) is 0 Å². The molecule has 2 aromatic rings. The van der Waals surface area contributed by atoms with Gasteiger partial charge >= 0.3 is 0 Å². The van der Waals surface area contributed by atoms with Crippen LogP contribution in [0.4, 0.5) is 0 Å². The summed E-state index contributed by atoms with van der Waals surface area (Å²) in [6.45, 7) is 2.11. The number of aliphatic hydroxyl groups is 1. The van der Waals surface area contributed by atoms with Crippen LogP contribution in [-0.4, -0.2) is 42.2 Å². The molecule has 2 aliphatic rings. The summed E-state index contributed by atoms with van der Waals surface area (Å²) in [6, 6.07) is 9.30. The lowest BCUT2D eigenvalue weighted by atomic mass is 9.95. The van der Waals surface area contributed by atoms with E-state index < -0.39 is 15.1 Å². The van der Waals surface area contributed by atoms with Crippen LogP contribution in [0.3, 0.4) is 0 Å². The van der Waals surface area contributed by atoms with Gasteiger partial charge < -0.3 is 14.3 Å². The number of allylic oxidation sites excluding steroid dienone is 1. The van der Waals surface area contributed by atoms with Crippen molar-refractivity contribution in [3.05, 3.63) is 64.9 Å². The summed E-state index contributed by atoms with van der Waals surface area (Å²) < 4.78 is 36.3. The quantitative estimate of drug-likeness (QED) is 0.697. The van der Waals surface area contributed by atoms with E-state index >= 15 is 0 Å². The molecule has 1 fully saturated rings. The van der Waals surface area contributed by atoms with Gasteiger partial charge in [0, 0.05) is 6.20 Å². The molecule has 29 heavy (non-hydrogen) atoms. The summed E-state index contributed by atoms with van der Waals surface area (Å²) in [5, 5.41) is 8.76. The minimum absolute atomic E-state index is 0.146. The topological polar surface area (TPSA) is 89.6 Å². The van der Waals surface area contributed by atoms with E-state index in [9.17, 15) is 13.5 Å². The van der Waals surface area contributed by atoms with Crippen molar-refractivity contribution in [2.45, 2.75) is 44.1 Å². The van der Waals surface area contributed by atoms with Crippen LogP contribution in [0, 0.1) is 0 Å². The highest BCUT2D eigenvalue weighted by molar-refractivity contribution is 7.92. The van der Waals surface area contributed by atoms with E-state index in [0.717, 1.165) is 28.8 Å². The molecular formula is C22H25NO5S. The number of furan rings is 1. The van der Waals surface area contributed by atoms with E-state index in [2.05, 4.69) is 4.98 Å². The second kappa shape index (κ2) is 8.26. The molecule has 4 heterocycles. The standard InChI is InChI=1S/C22H25NO5S/c1-2-15-14-29(25,26)21-13-27-20(22(15)21)9-6-16(19-5-3-4-10-23-19)11-17-7-8-18(12-24)28-17/h3-5,7-8,10-11,20-21,24H,2,6,9,12-14H2,1H3/b16-11-/t20-,21+/m1/s1. The Morgan fingerprint density at radius 3 is 2.86 bits per heavy atom. The number of rotatable bonds is 7. The Morgan fingerprint density at radius 2 is 2.17 bits per heavy atom. The van der Waals surface area contributed by atoms with Gasteiger partial charge in [0.05, 0.1) is 24.2 Å². The summed E-state index contributed by atoms with van der Waals surface area (Å²) in [5.41, 5.74) is 3.82. The fourth-order valence-electron chi connectivity index (χ4n) is 4.16. The Hall–Kier alpha value is -2.22. The van der Waals surface area contributed by atoms with Crippen molar-refractivity contribution >= 4 is 21.5 Å². The van der Waals surface area contributed by atoms with Gasteiger partial charge in [0.1, 0.15) is 23.4 Å². The first-order chi connectivity index (χ1) is 14.0. The number of aliphatic hydroxyl groups excluding tert-OH is 1. The van der Waals surface area contributed by atoms with Crippen molar-refractivity contribution in [3.63, 3.8) is 0 Å². The molecule has 2 aromatic heterocycles. The molecule has 0 spiro atoms. The monoisotopic (exact) mass is 415 g/mol. The molecule has 0 saturated carbocycles. The van der Waals surface area contributed by atoms with Crippen LogP contribution in [0.1, 0.15) is 43.4 Å². The lowest BCUT2D eigenvalue weighted by Crippen LogP contribution is -2.19. The smallest absolute Gasteiger partial charge is 0.163 e. The molecule has 0 aliphatic carbocycles. The molecule has 0 bridgehead atoms. The first-order valence-electron chi connectivity index (χ1n) is 9.88. The summed E-state index contributed by atoms with van der Waals surface area (Å²) in [4.78, 5) is 4.46. The maximum atomic E-state index is 12.4. The largest absolute Gasteiger partial charge is 0.459 e. The molecule has 2 atom stereocenters. The fourth-order valence-corrected chi connectivity index (χ4v) is 6.21. The van der Waals surface area contributed by atoms with Crippen LogP contribution in [0.25, 0.3) is 11.6 Å². The molecule has 1 N–H and O–H groups in total. The molecule has 154 valence electrons. The number of sulfone groups is 1. The zero-order valence-corrected chi connectivity index (χ0v) is 17.2. The van der Waals surface area contributed by atoms with Crippen LogP contribution in [0.5, 0.6) is 0 Å². The predicted molar refractivity (Wildman–Crippen MR) is 111 cm³/mol. The molecule has 1 saturated heterocycles. The van der Waals surface area contributed by atoms with E-state index in [1.165, 1.54) is 0 Å². The van der Waals surface area contributed by atoms with Gasteiger partial charge in [-0.15, -0.1) is 0 Å². The van der Waals surface area contributed by atoms with Crippen LogP contribution in [0.2, 0.25) is 0 Å². The van der Waals surface area contributed by atoms with E-state index in [1.807, 2.05) is 37.3 Å². The highest BCUT2D eigenvalue weighted by atomic mass is 32.2. The molecule has 2 aliphatic heterocycles. The van der Waals surface area contributed by atoms with Crippen molar-refractivity contribution < 1.29 is 22.7 Å². The molecule has 7 heteroatoms. The molecule has 6 nitrogen and oxygen atoms in total. The molecule has 0 aromatic carbocycles. The molecule has 0 amide bonds. The Kier molecular flexibility index (Phi) is 5.72. The Bertz CT molecular complexity index is 1040. The number of ether oxygens (including phenoxy) is 1. The predicted octanol–water partition coefficient (Wildman–Crippen LogP) is 3.39. The zero-order chi connectivity index (χ0) is 20.4. The number of hydrogen-bond donors (Lipinski definition) is 1. The average molecular weight is 416 g/mol. The lowest BCUT2D eigenvalue weighted by molar-refractivity contribution is 0.118. The van der Waals surface area contributed by atoms with Gasteiger partial charge in [-0.25, -0.2) is 8.42 Å². The second-order valence-electron chi connectivity index (χ2n) is 7.42. The van der Waals surface area contributed by atoms with Crippen LogP contribution in [-0.2, 0) is 21.2 Å².